The normalized spacial score (nSPS) is 10.7. The van der Waals surface area contributed by atoms with Crippen LogP contribution < -0.4 is 5.32 Å². The van der Waals surface area contributed by atoms with E-state index < -0.39 is 0 Å². The van der Waals surface area contributed by atoms with E-state index >= 15 is 0 Å². The number of benzene rings is 2. The van der Waals surface area contributed by atoms with Crippen molar-refractivity contribution in [1.82, 2.24) is 0 Å². The van der Waals surface area contributed by atoms with Crippen molar-refractivity contribution in [3.05, 3.63) is 71.3 Å². The van der Waals surface area contributed by atoms with E-state index in [9.17, 15) is 9.59 Å². The molecule has 2 aromatic carbocycles. The minimum atomic E-state index is -0.372. The second kappa shape index (κ2) is 11.3. The molecule has 1 amide bonds. The van der Waals surface area contributed by atoms with Gasteiger partial charge in [-0.3, -0.25) is 4.79 Å². The molecule has 0 unspecified atom stereocenters. The Morgan fingerprint density at radius 2 is 1.63 bits per heavy atom. The number of aryl methyl sites for hydroxylation is 2. The number of nitrogens with one attached hydrogen (secondary N) is 1. The maximum Gasteiger partial charge on any atom is 0.330 e. The summed E-state index contributed by atoms with van der Waals surface area (Å²) in [4.78, 5) is 23.2. The highest BCUT2D eigenvalue weighted by atomic mass is 79.9. The molecule has 0 heterocycles. The third-order valence-electron chi connectivity index (χ3n) is 4.08. The number of hydrogen-bond acceptors (Lipinski definition) is 3. The number of esters is 1. The maximum atomic E-state index is 12.1. The summed E-state index contributed by atoms with van der Waals surface area (Å²) in [7, 11) is 1.35. The predicted octanol–water partition coefficient (Wildman–Crippen LogP) is 4.77. The number of rotatable bonds is 9. The summed E-state index contributed by atoms with van der Waals surface area (Å²) < 4.78 is 4.56. The molecule has 0 radical (unpaired) electrons. The molecule has 27 heavy (non-hydrogen) atoms. The largest absolute Gasteiger partial charge is 0.466 e. The first kappa shape index (κ1) is 20.9. The fourth-order valence-corrected chi connectivity index (χ4v) is 3.03. The minimum Gasteiger partial charge on any atom is -0.466 e. The van der Waals surface area contributed by atoms with E-state index in [0.717, 1.165) is 41.4 Å². The lowest BCUT2D eigenvalue weighted by Crippen LogP contribution is -2.11. The highest BCUT2D eigenvalue weighted by Gasteiger charge is 2.03. The minimum absolute atomic E-state index is 0.0286. The lowest BCUT2D eigenvalue weighted by atomic mass is 10.1. The van der Waals surface area contributed by atoms with Crippen LogP contribution in [0.1, 0.15) is 29.5 Å². The van der Waals surface area contributed by atoms with Gasteiger partial charge in [-0.15, -0.1) is 0 Å². The van der Waals surface area contributed by atoms with Crippen molar-refractivity contribution in [3.63, 3.8) is 0 Å². The van der Waals surface area contributed by atoms with E-state index in [1.54, 1.807) is 6.08 Å². The van der Waals surface area contributed by atoms with Crippen molar-refractivity contribution in [2.75, 3.05) is 17.8 Å². The Morgan fingerprint density at radius 3 is 2.26 bits per heavy atom. The first-order valence-electron chi connectivity index (χ1n) is 8.90. The lowest BCUT2D eigenvalue weighted by molar-refractivity contribution is -0.134. The second-order valence-electron chi connectivity index (χ2n) is 6.14. The number of carbonyl (C=O) groups excluding carboxylic acids is 2. The van der Waals surface area contributed by atoms with Gasteiger partial charge in [-0.05, 0) is 54.2 Å². The van der Waals surface area contributed by atoms with E-state index in [-0.39, 0.29) is 11.9 Å². The first-order chi connectivity index (χ1) is 13.1. The SMILES string of the molecule is COC(=O)C=Cc1ccc(CCCC(=O)Nc2ccc(CCBr)cc2)cc1. The van der Waals surface area contributed by atoms with Crippen molar-refractivity contribution in [2.24, 2.45) is 0 Å². The molecule has 4 nitrogen and oxygen atoms in total. The molecule has 0 aromatic heterocycles. The average molecular weight is 430 g/mol. The summed E-state index contributed by atoms with van der Waals surface area (Å²) in [6.07, 6.45) is 6.18. The van der Waals surface area contributed by atoms with Gasteiger partial charge in [0.25, 0.3) is 0 Å². The summed E-state index contributed by atoms with van der Waals surface area (Å²) in [5, 5.41) is 3.87. The van der Waals surface area contributed by atoms with Crippen molar-refractivity contribution in [1.29, 1.82) is 0 Å². The lowest BCUT2D eigenvalue weighted by Gasteiger charge is -2.07. The third-order valence-corrected chi connectivity index (χ3v) is 4.48. The standard InChI is InChI=1S/C22H24BrNO3/c1-27-22(26)14-11-18-7-5-17(6-8-18)3-2-4-21(25)24-20-12-9-19(10-13-20)15-16-23/h5-14H,2-4,15-16H2,1H3,(H,24,25). The van der Waals surface area contributed by atoms with Gasteiger partial charge in [-0.1, -0.05) is 52.3 Å². The zero-order chi connectivity index (χ0) is 19.5. The van der Waals surface area contributed by atoms with E-state index in [1.165, 1.54) is 18.7 Å². The van der Waals surface area contributed by atoms with Gasteiger partial charge >= 0.3 is 5.97 Å². The van der Waals surface area contributed by atoms with Gasteiger partial charge < -0.3 is 10.1 Å². The van der Waals surface area contributed by atoms with Crippen molar-refractivity contribution in [3.8, 4) is 0 Å². The fourth-order valence-electron chi connectivity index (χ4n) is 2.57. The van der Waals surface area contributed by atoms with Crippen LogP contribution in [0, 0.1) is 0 Å². The second-order valence-corrected chi connectivity index (χ2v) is 6.93. The summed E-state index contributed by atoms with van der Waals surface area (Å²) >= 11 is 3.42. The zero-order valence-electron chi connectivity index (χ0n) is 15.4. The van der Waals surface area contributed by atoms with Gasteiger partial charge in [0.2, 0.25) is 5.91 Å². The summed E-state index contributed by atoms with van der Waals surface area (Å²) in [6, 6.07) is 15.9. The molecule has 0 aliphatic heterocycles. The van der Waals surface area contributed by atoms with Crippen LogP contribution in [0.2, 0.25) is 0 Å². The van der Waals surface area contributed by atoms with E-state index in [1.807, 2.05) is 48.5 Å². The van der Waals surface area contributed by atoms with Gasteiger partial charge in [-0.2, -0.15) is 0 Å². The van der Waals surface area contributed by atoms with Gasteiger partial charge in [0.1, 0.15) is 0 Å². The van der Waals surface area contributed by atoms with Crippen LogP contribution in [-0.2, 0) is 27.2 Å². The molecule has 2 aromatic rings. The number of methoxy groups -OCH3 is 1. The van der Waals surface area contributed by atoms with Gasteiger partial charge in [0.15, 0.2) is 0 Å². The van der Waals surface area contributed by atoms with Crippen LogP contribution in [0.5, 0.6) is 0 Å². The van der Waals surface area contributed by atoms with Crippen LogP contribution in [0.25, 0.3) is 6.08 Å². The van der Waals surface area contributed by atoms with Crippen molar-refractivity contribution in [2.45, 2.75) is 25.7 Å². The van der Waals surface area contributed by atoms with Crippen molar-refractivity contribution >= 4 is 39.6 Å². The maximum absolute atomic E-state index is 12.1. The molecule has 5 heteroatoms. The molecule has 0 atom stereocenters. The molecular formula is C22H24BrNO3. The molecule has 0 aliphatic rings. The topological polar surface area (TPSA) is 55.4 Å². The monoisotopic (exact) mass is 429 g/mol. The highest BCUT2D eigenvalue weighted by molar-refractivity contribution is 9.09. The Labute approximate surface area is 168 Å². The number of carbonyl (C=O) groups is 2. The molecule has 0 spiro atoms. The Kier molecular flexibility index (Phi) is 8.78. The van der Waals surface area contributed by atoms with E-state index in [4.69, 9.17) is 0 Å². The highest BCUT2D eigenvalue weighted by Crippen LogP contribution is 2.13. The molecule has 0 fully saturated rings. The molecular weight excluding hydrogens is 406 g/mol. The summed E-state index contributed by atoms with van der Waals surface area (Å²) in [5.74, 6) is -0.344. The Hall–Kier alpha value is -2.40. The van der Waals surface area contributed by atoms with Crippen LogP contribution in [-0.4, -0.2) is 24.3 Å². The number of amides is 1. The van der Waals surface area contributed by atoms with Crippen LogP contribution >= 0.6 is 15.9 Å². The van der Waals surface area contributed by atoms with Gasteiger partial charge in [0.05, 0.1) is 7.11 Å². The number of ether oxygens (including phenoxy) is 1. The predicted molar refractivity (Wildman–Crippen MR) is 113 cm³/mol. The first-order valence-corrected chi connectivity index (χ1v) is 10.0. The van der Waals surface area contributed by atoms with Crippen LogP contribution in [0.4, 0.5) is 5.69 Å². The zero-order valence-corrected chi connectivity index (χ0v) is 17.0. The quantitative estimate of drug-likeness (QED) is 0.354. The number of anilines is 1. The molecule has 0 saturated heterocycles. The Balaban J connectivity index is 1.74. The Bertz CT molecular complexity index is 767. The molecule has 0 bridgehead atoms. The average Bonchev–Trinajstić information content (AvgIpc) is 2.69. The summed E-state index contributed by atoms with van der Waals surface area (Å²) in [5.41, 5.74) is 4.18. The fraction of sp³-hybridized carbons (Fsp3) is 0.273. The Morgan fingerprint density at radius 1 is 1.00 bits per heavy atom. The van der Waals surface area contributed by atoms with Crippen molar-refractivity contribution < 1.29 is 14.3 Å². The number of hydrogen-bond donors (Lipinski definition) is 1. The molecule has 0 aliphatic carbocycles. The van der Waals surface area contributed by atoms with Crippen LogP contribution in [0.3, 0.4) is 0 Å². The number of halogens is 1. The smallest absolute Gasteiger partial charge is 0.330 e. The van der Waals surface area contributed by atoms with Crippen LogP contribution in [0.15, 0.2) is 54.6 Å². The molecule has 142 valence electrons. The molecule has 0 saturated carbocycles. The molecule has 1 N–H and O–H groups in total. The van der Waals surface area contributed by atoms with E-state index in [2.05, 4.69) is 26.0 Å². The van der Waals surface area contributed by atoms with Gasteiger partial charge in [0, 0.05) is 23.5 Å². The number of alkyl halides is 1. The summed E-state index contributed by atoms with van der Waals surface area (Å²) in [6.45, 7) is 0. The van der Waals surface area contributed by atoms with E-state index in [0.29, 0.717) is 6.42 Å². The van der Waals surface area contributed by atoms with Gasteiger partial charge in [-0.25, -0.2) is 4.79 Å². The third kappa shape index (κ3) is 7.79. The molecule has 2 rings (SSSR count).